The van der Waals surface area contributed by atoms with Crippen LogP contribution in [0.4, 0.5) is 5.69 Å². The Morgan fingerprint density at radius 3 is 2.67 bits per heavy atom. The van der Waals surface area contributed by atoms with Crippen molar-refractivity contribution in [3.8, 4) is 5.69 Å². The summed E-state index contributed by atoms with van der Waals surface area (Å²) in [5.74, 6) is -0.928. The van der Waals surface area contributed by atoms with E-state index in [0.29, 0.717) is 17.8 Å². The van der Waals surface area contributed by atoms with Crippen molar-refractivity contribution < 1.29 is 14.5 Å². The smallest absolute Gasteiger partial charge is 0.315 e. The largest absolute Gasteiger partial charge is 0.465 e. The number of benzene rings is 2. The lowest BCUT2D eigenvalue weighted by Crippen LogP contribution is -2.21. The van der Waals surface area contributed by atoms with Gasteiger partial charge in [0.25, 0.3) is 5.69 Å². The number of nitro groups is 1. The second-order valence-corrected chi connectivity index (χ2v) is 5.94. The van der Waals surface area contributed by atoms with Crippen molar-refractivity contribution >= 4 is 11.7 Å². The van der Waals surface area contributed by atoms with Gasteiger partial charge in [-0.05, 0) is 31.0 Å². The Morgan fingerprint density at radius 2 is 1.96 bits per heavy atom. The Morgan fingerprint density at radius 1 is 1.19 bits per heavy atom. The van der Waals surface area contributed by atoms with Crippen molar-refractivity contribution in [3.63, 3.8) is 0 Å². The van der Waals surface area contributed by atoms with Crippen LogP contribution in [0.3, 0.4) is 0 Å². The van der Waals surface area contributed by atoms with E-state index in [-0.39, 0.29) is 18.3 Å². The molecule has 138 valence electrons. The van der Waals surface area contributed by atoms with Crippen molar-refractivity contribution in [1.82, 2.24) is 9.78 Å². The van der Waals surface area contributed by atoms with Crippen molar-refractivity contribution in [3.05, 3.63) is 88.2 Å². The van der Waals surface area contributed by atoms with Crippen LogP contribution >= 0.6 is 0 Å². The average molecular weight is 365 g/mol. The second kappa shape index (κ2) is 8.27. The van der Waals surface area contributed by atoms with E-state index in [1.165, 1.54) is 12.1 Å². The van der Waals surface area contributed by atoms with E-state index in [1.54, 1.807) is 36.0 Å². The maximum atomic E-state index is 12.6. The van der Waals surface area contributed by atoms with Crippen LogP contribution in [0.15, 0.2) is 66.9 Å². The zero-order chi connectivity index (χ0) is 19.2. The van der Waals surface area contributed by atoms with E-state index < -0.39 is 10.8 Å². The number of non-ortho nitro benzene ring substituents is 1. The zero-order valence-electron chi connectivity index (χ0n) is 14.8. The fourth-order valence-corrected chi connectivity index (χ4v) is 2.93. The molecule has 0 saturated carbocycles. The number of hydrogen-bond donors (Lipinski definition) is 0. The predicted octanol–water partition coefficient (Wildman–Crippen LogP) is 3.67. The first-order valence-corrected chi connectivity index (χ1v) is 8.59. The lowest BCUT2D eigenvalue weighted by Gasteiger charge is -2.17. The molecule has 1 aromatic heterocycles. The van der Waals surface area contributed by atoms with E-state index in [9.17, 15) is 14.9 Å². The van der Waals surface area contributed by atoms with Crippen LogP contribution in [0.2, 0.25) is 0 Å². The maximum absolute atomic E-state index is 12.6. The van der Waals surface area contributed by atoms with Crippen LogP contribution in [0.1, 0.15) is 24.1 Å². The van der Waals surface area contributed by atoms with Crippen LogP contribution in [0.25, 0.3) is 5.69 Å². The predicted molar refractivity (Wildman–Crippen MR) is 99.7 cm³/mol. The number of rotatable bonds is 7. The van der Waals surface area contributed by atoms with E-state index >= 15 is 0 Å². The summed E-state index contributed by atoms with van der Waals surface area (Å²) in [5, 5.41) is 15.4. The first kappa shape index (κ1) is 18.3. The van der Waals surface area contributed by atoms with Gasteiger partial charge in [-0.25, -0.2) is 4.68 Å². The third-order valence-corrected chi connectivity index (χ3v) is 4.17. The molecule has 3 aromatic rings. The van der Waals surface area contributed by atoms with Gasteiger partial charge >= 0.3 is 5.97 Å². The summed E-state index contributed by atoms with van der Waals surface area (Å²) in [6.07, 6.45) is 2.02. The summed E-state index contributed by atoms with van der Waals surface area (Å²) in [5.41, 5.74) is 2.09. The summed E-state index contributed by atoms with van der Waals surface area (Å²) in [4.78, 5) is 23.3. The highest BCUT2D eigenvalue weighted by Gasteiger charge is 2.27. The van der Waals surface area contributed by atoms with Gasteiger partial charge in [0.15, 0.2) is 0 Å². The zero-order valence-corrected chi connectivity index (χ0v) is 14.8. The number of nitro benzene ring substituents is 1. The molecule has 0 aliphatic rings. The van der Waals surface area contributed by atoms with E-state index in [0.717, 1.165) is 5.56 Å². The van der Waals surface area contributed by atoms with Gasteiger partial charge in [-0.1, -0.05) is 36.4 Å². The van der Waals surface area contributed by atoms with Gasteiger partial charge in [-0.3, -0.25) is 14.9 Å². The third-order valence-electron chi connectivity index (χ3n) is 4.17. The van der Waals surface area contributed by atoms with Crippen molar-refractivity contribution in [2.75, 3.05) is 6.61 Å². The van der Waals surface area contributed by atoms with Gasteiger partial charge < -0.3 is 4.74 Å². The molecule has 0 aliphatic carbocycles. The van der Waals surface area contributed by atoms with Crippen molar-refractivity contribution in [2.45, 2.75) is 19.3 Å². The Kier molecular flexibility index (Phi) is 5.61. The SMILES string of the molecule is CCOC(=O)C(Cc1ccccc1)c1ccnn1-c1cccc([N+](=O)[O-])c1. The van der Waals surface area contributed by atoms with Gasteiger partial charge in [0.05, 0.1) is 22.9 Å². The van der Waals surface area contributed by atoms with E-state index in [2.05, 4.69) is 5.10 Å². The average Bonchev–Trinajstić information content (AvgIpc) is 3.16. The van der Waals surface area contributed by atoms with E-state index in [1.807, 2.05) is 30.3 Å². The van der Waals surface area contributed by atoms with Crippen LogP contribution in [-0.2, 0) is 16.0 Å². The fourth-order valence-electron chi connectivity index (χ4n) is 2.93. The number of carbonyl (C=O) groups excluding carboxylic acids is 1. The Labute approximate surface area is 156 Å². The molecular formula is C20H19N3O4. The highest BCUT2D eigenvalue weighted by atomic mass is 16.6. The quantitative estimate of drug-likeness (QED) is 0.362. The first-order valence-electron chi connectivity index (χ1n) is 8.59. The Balaban J connectivity index is 2.01. The number of hydrogen-bond acceptors (Lipinski definition) is 5. The summed E-state index contributed by atoms with van der Waals surface area (Å²) in [7, 11) is 0. The molecule has 0 spiro atoms. The molecule has 0 saturated heterocycles. The van der Waals surface area contributed by atoms with Gasteiger partial charge in [0, 0.05) is 18.3 Å². The molecule has 0 amide bonds. The lowest BCUT2D eigenvalue weighted by molar-refractivity contribution is -0.384. The molecule has 0 N–H and O–H groups in total. The minimum absolute atomic E-state index is 0.0373. The van der Waals surface area contributed by atoms with Gasteiger partial charge in [0.1, 0.15) is 5.92 Å². The maximum Gasteiger partial charge on any atom is 0.315 e. The second-order valence-electron chi connectivity index (χ2n) is 5.94. The molecule has 27 heavy (non-hydrogen) atoms. The fraction of sp³-hybridized carbons (Fsp3) is 0.200. The summed E-state index contributed by atoms with van der Waals surface area (Å²) in [6, 6.07) is 17.5. The van der Waals surface area contributed by atoms with Crippen molar-refractivity contribution in [1.29, 1.82) is 0 Å². The Hall–Kier alpha value is -3.48. The van der Waals surface area contributed by atoms with Crippen LogP contribution in [0, 0.1) is 10.1 Å². The molecule has 7 heteroatoms. The van der Waals surface area contributed by atoms with Crippen LogP contribution < -0.4 is 0 Å². The molecule has 0 aliphatic heterocycles. The number of carbonyl (C=O) groups is 1. The first-order chi connectivity index (χ1) is 13.1. The van der Waals surface area contributed by atoms with Gasteiger partial charge in [0.2, 0.25) is 0 Å². The number of esters is 1. The van der Waals surface area contributed by atoms with Crippen molar-refractivity contribution in [2.24, 2.45) is 0 Å². The minimum Gasteiger partial charge on any atom is -0.465 e. The molecule has 7 nitrogen and oxygen atoms in total. The summed E-state index contributed by atoms with van der Waals surface area (Å²) in [6.45, 7) is 2.03. The molecule has 2 aromatic carbocycles. The van der Waals surface area contributed by atoms with Crippen LogP contribution in [0.5, 0.6) is 0 Å². The third kappa shape index (κ3) is 4.20. The number of nitrogens with zero attached hydrogens (tertiary/aromatic N) is 3. The molecule has 1 unspecified atom stereocenters. The topological polar surface area (TPSA) is 87.3 Å². The van der Waals surface area contributed by atoms with Crippen LogP contribution in [-0.4, -0.2) is 27.3 Å². The number of ether oxygens (including phenoxy) is 1. The van der Waals surface area contributed by atoms with Gasteiger partial charge in [-0.2, -0.15) is 5.10 Å². The summed E-state index contributed by atoms with van der Waals surface area (Å²) < 4.78 is 6.82. The molecule has 0 bridgehead atoms. The highest BCUT2D eigenvalue weighted by molar-refractivity contribution is 5.78. The standard InChI is InChI=1S/C20H19N3O4/c1-2-27-20(24)18(13-15-7-4-3-5-8-15)19-11-12-21-22(19)16-9-6-10-17(14-16)23(25)26/h3-12,14,18H,2,13H2,1H3. The molecule has 0 fully saturated rings. The normalized spacial score (nSPS) is 11.7. The molecule has 0 radical (unpaired) electrons. The van der Waals surface area contributed by atoms with E-state index in [4.69, 9.17) is 4.74 Å². The minimum atomic E-state index is -0.575. The molecular weight excluding hydrogens is 346 g/mol. The molecule has 1 heterocycles. The Bertz CT molecular complexity index is 937. The highest BCUT2D eigenvalue weighted by Crippen LogP contribution is 2.26. The number of aromatic nitrogens is 2. The lowest BCUT2D eigenvalue weighted by atomic mass is 9.96. The summed E-state index contributed by atoms with van der Waals surface area (Å²) >= 11 is 0. The molecule has 3 rings (SSSR count). The molecule has 1 atom stereocenters. The van der Waals surface area contributed by atoms with Gasteiger partial charge in [-0.15, -0.1) is 0 Å². The monoisotopic (exact) mass is 365 g/mol.